The monoisotopic (exact) mass is 930 g/mol. The Hall–Kier alpha value is -2.56. The van der Waals surface area contributed by atoms with E-state index in [1.165, 1.54) is 0 Å². The smallest absolute Gasteiger partial charge is 0.317 e. The number of carbonyl (C=O) groups is 4. The third-order valence-corrected chi connectivity index (χ3v) is 9.13. The van der Waals surface area contributed by atoms with Crippen molar-refractivity contribution >= 4 is 23.7 Å². The Balaban J connectivity index is 1.96. The van der Waals surface area contributed by atoms with Crippen LogP contribution in [0.4, 0.5) is 0 Å². The molecule has 1 aliphatic heterocycles. The average Bonchev–Trinajstić information content (AvgIpc) is 3.25. The van der Waals surface area contributed by atoms with Gasteiger partial charge in [0.05, 0.1) is 165 Å². The van der Waals surface area contributed by atoms with E-state index >= 15 is 0 Å². The molecule has 0 amide bonds. The van der Waals surface area contributed by atoms with Gasteiger partial charge in [-0.3, -0.25) is 38.8 Å². The highest BCUT2D eigenvalue weighted by Gasteiger charge is 2.21. The number of nitrogens with two attached hydrogens (primary N) is 1. The molecule has 376 valence electrons. The van der Waals surface area contributed by atoms with Crippen LogP contribution in [0, 0.1) is 0 Å². The van der Waals surface area contributed by atoms with Crippen molar-refractivity contribution in [2.45, 2.75) is 12.8 Å². The highest BCUT2D eigenvalue weighted by Crippen LogP contribution is 2.03. The number of hydrogen-bond donors (Lipinski definition) is 4. The minimum absolute atomic E-state index is 0.00299. The fourth-order valence-corrected chi connectivity index (χ4v) is 5.87. The number of carbonyl (C=O) groups excluding carboxylic acids is 1. The van der Waals surface area contributed by atoms with E-state index in [-0.39, 0.29) is 32.0 Å². The number of ether oxygens (including phenoxy) is 11. The van der Waals surface area contributed by atoms with Gasteiger partial charge in [0, 0.05) is 71.9 Å². The molecule has 23 nitrogen and oxygen atoms in total. The average molecular weight is 930 g/mol. The lowest BCUT2D eigenvalue weighted by Crippen LogP contribution is -2.49. The van der Waals surface area contributed by atoms with Gasteiger partial charge in [-0.25, -0.2) is 0 Å². The van der Waals surface area contributed by atoms with Gasteiger partial charge in [0.2, 0.25) is 0 Å². The number of Topliss-reactive ketones (excluding diaryl/α,β-unsaturated/α-hetero) is 1. The van der Waals surface area contributed by atoms with E-state index in [0.29, 0.717) is 217 Å². The van der Waals surface area contributed by atoms with Gasteiger partial charge in [0.15, 0.2) is 0 Å². The van der Waals surface area contributed by atoms with E-state index in [4.69, 9.17) is 57.8 Å². The van der Waals surface area contributed by atoms with Crippen LogP contribution in [-0.4, -0.2) is 289 Å². The molecule has 0 aliphatic carbocycles. The number of nitrogens with zero attached hydrogens (tertiary/aromatic N) is 4. The Labute approximate surface area is 378 Å². The Morgan fingerprint density at radius 2 is 0.531 bits per heavy atom. The van der Waals surface area contributed by atoms with Crippen molar-refractivity contribution in [2.24, 2.45) is 5.73 Å². The maximum absolute atomic E-state index is 12.9. The standard InChI is InChI=1S/C41H79N5O18/c42-3-13-55-15-17-57-19-21-59-23-25-61-27-29-63-31-33-64-32-30-62-28-26-60-24-22-58-20-18-56-16-14-54-12-1-2-38(47)34-43-4-6-44(35-39(48)49)8-10-46(37-41(52)53)11-9-45(7-5-43)36-40(50)51/h1-37,42H2,(H,48,49)(H,50,51)(H,52,53). The molecule has 0 atom stereocenters. The first-order valence-corrected chi connectivity index (χ1v) is 22.3. The Morgan fingerprint density at radius 3 is 0.750 bits per heavy atom. The van der Waals surface area contributed by atoms with Crippen LogP contribution in [0.3, 0.4) is 0 Å². The number of hydrogen-bond acceptors (Lipinski definition) is 20. The molecule has 23 heteroatoms. The van der Waals surface area contributed by atoms with Gasteiger partial charge in [0.1, 0.15) is 5.78 Å². The van der Waals surface area contributed by atoms with Crippen molar-refractivity contribution in [2.75, 3.05) is 230 Å². The molecular weight excluding hydrogens is 850 g/mol. The molecule has 0 aromatic heterocycles. The highest BCUT2D eigenvalue weighted by molar-refractivity contribution is 5.80. The van der Waals surface area contributed by atoms with Crippen molar-refractivity contribution in [3.63, 3.8) is 0 Å². The minimum atomic E-state index is -1.01. The lowest BCUT2D eigenvalue weighted by Gasteiger charge is -2.32. The van der Waals surface area contributed by atoms with Crippen LogP contribution >= 0.6 is 0 Å². The predicted molar refractivity (Wildman–Crippen MR) is 231 cm³/mol. The molecule has 1 rings (SSSR count). The SMILES string of the molecule is NCCOCCOCCOCCOCCOCCOCCOCCOCCOCCOCCOCCCC(=O)CN1CCN(CC(=O)O)CCN(CC(=O)O)CCN(CC(=O)O)CC1. The van der Waals surface area contributed by atoms with Crippen LogP contribution < -0.4 is 5.73 Å². The molecule has 64 heavy (non-hydrogen) atoms. The van der Waals surface area contributed by atoms with E-state index in [2.05, 4.69) is 0 Å². The zero-order chi connectivity index (χ0) is 46.6. The fraction of sp³-hybridized carbons (Fsp3) is 0.902. The Kier molecular flexibility index (Phi) is 41.1. The summed E-state index contributed by atoms with van der Waals surface area (Å²) in [7, 11) is 0. The minimum Gasteiger partial charge on any atom is -0.480 e. The van der Waals surface area contributed by atoms with Crippen molar-refractivity contribution < 1.29 is 86.6 Å². The predicted octanol–water partition coefficient (Wildman–Crippen LogP) is -2.05. The molecule has 1 saturated heterocycles. The summed E-state index contributed by atoms with van der Waals surface area (Å²) in [6, 6.07) is 0. The van der Waals surface area contributed by atoms with Gasteiger partial charge < -0.3 is 73.2 Å². The van der Waals surface area contributed by atoms with E-state index in [1.807, 2.05) is 4.90 Å². The van der Waals surface area contributed by atoms with E-state index in [1.54, 1.807) is 14.7 Å². The largest absolute Gasteiger partial charge is 0.480 e. The molecule has 0 unspecified atom stereocenters. The summed E-state index contributed by atoms with van der Waals surface area (Å²) in [5.41, 5.74) is 5.34. The summed E-state index contributed by atoms with van der Waals surface area (Å²) in [5, 5.41) is 28.1. The summed E-state index contributed by atoms with van der Waals surface area (Å²) in [6.45, 7) is 13.0. The second-order valence-corrected chi connectivity index (χ2v) is 14.5. The normalized spacial score (nSPS) is 15.3. The Morgan fingerprint density at radius 1 is 0.328 bits per heavy atom. The van der Waals surface area contributed by atoms with Gasteiger partial charge in [0.25, 0.3) is 0 Å². The second kappa shape index (κ2) is 44.3. The van der Waals surface area contributed by atoms with Crippen molar-refractivity contribution in [3.05, 3.63) is 0 Å². The molecule has 0 bridgehead atoms. The number of ketones is 1. The zero-order valence-corrected chi connectivity index (χ0v) is 38.0. The topological polar surface area (TPSA) is 269 Å². The summed E-state index contributed by atoms with van der Waals surface area (Å²) < 4.78 is 60.1. The molecule has 5 N–H and O–H groups in total. The summed E-state index contributed by atoms with van der Waals surface area (Å²) in [4.78, 5) is 54.3. The van der Waals surface area contributed by atoms with Gasteiger partial charge >= 0.3 is 17.9 Å². The highest BCUT2D eigenvalue weighted by atomic mass is 16.6. The lowest BCUT2D eigenvalue weighted by atomic mass is 10.2. The third kappa shape index (κ3) is 40.9. The van der Waals surface area contributed by atoms with Gasteiger partial charge in [-0.15, -0.1) is 0 Å². The first kappa shape index (κ1) is 59.5. The lowest BCUT2D eigenvalue weighted by molar-refractivity contribution is -0.140. The van der Waals surface area contributed by atoms with Crippen molar-refractivity contribution in [3.8, 4) is 0 Å². The van der Waals surface area contributed by atoms with Crippen LogP contribution in [0.15, 0.2) is 0 Å². The van der Waals surface area contributed by atoms with Crippen LogP contribution in [-0.2, 0) is 71.3 Å². The zero-order valence-electron chi connectivity index (χ0n) is 38.0. The van der Waals surface area contributed by atoms with Crippen LogP contribution in [0.2, 0.25) is 0 Å². The molecule has 0 radical (unpaired) electrons. The number of aliphatic carboxylic acids is 3. The van der Waals surface area contributed by atoms with Crippen molar-refractivity contribution in [1.82, 2.24) is 19.6 Å². The van der Waals surface area contributed by atoms with E-state index < -0.39 is 17.9 Å². The van der Waals surface area contributed by atoms with Crippen molar-refractivity contribution in [1.29, 1.82) is 0 Å². The van der Waals surface area contributed by atoms with E-state index in [0.717, 1.165) is 0 Å². The van der Waals surface area contributed by atoms with Gasteiger partial charge in [-0.1, -0.05) is 0 Å². The van der Waals surface area contributed by atoms with Gasteiger partial charge in [-0.05, 0) is 6.42 Å². The first-order valence-electron chi connectivity index (χ1n) is 22.3. The van der Waals surface area contributed by atoms with Crippen LogP contribution in [0.5, 0.6) is 0 Å². The number of carboxylic acid groups (broad SMARTS) is 3. The van der Waals surface area contributed by atoms with Crippen LogP contribution in [0.1, 0.15) is 12.8 Å². The molecule has 1 aliphatic rings. The molecule has 0 aromatic rings. The first-order chi connectivity index (χ1) is 31.2. The second-order valence-electron chi connectivity index (χ2n) is 14.5. The fourth-order valence-electron chi connectivity index (χ4n) is 5.87. The molecular formula is C41H79N5O18. The van der Waals surface area contributed by atoms with E-state index in [9.17, 15) is 34.5 Å². The van der Waals surface area contributed by atoms with Crippen LogP contribution in [0.25, 0.3) is 0 Å². The maximum Gasteiger partial charge on any atom is 0.317 e. The number of carboxylic acids is 3. The quantitative estimate of drug-likeness (QED) is 0.0479. The maximum atomic E-state index is 12.9. The molecule has 1 fully saturated rings. The molecule has 1 heterocycles. The third-order valence-electron chi connectivity index (χ3n) is 9.13. The van der Waals surface area contributed by atoms with Gasteiger partial charge in [-0.2, -0.15) is 0 Å². The Bertz CT molecular complexity index is 1100. The summed E-state index contributed by atoms with van der Waals surface area (Å²) >= 11 is 0. The molecule has 0 saturated carbocycles. The molecule has 0 spiro atoms. The molecule has 0 aromatic carbocycles. The summed E-state index contributed by atoms with van der Waals surface area (Å²) in [5.74, 6) is -3.01. The summed E-state index contributed by atoms with van der Waals surface area (Å²) in [6.07, 6.45) is 0.829. The number of rotatable bonds is 44.